The molecule has 1 heterocycles. The molecule has 1 aromatic carbocycles. The Labute approximate surface area is 122 Å². The number of sulfone groups is 1. The summed E-state index contributed by atoms with van der Waals surface area (Å²) in [6, 6.07) is 9.80. The van der Waals surface area contributed by atoms with E-state index in [-0.39, 0.29) is 10.0 Å². The molecule has 1 aromatic heterocycles. The van der Waals surface area contributed by atoms with Crippen LogP contribution in [0.5, 0.6) is 5.75 Å². The van der Waals surface area contributed by atoms with E-state index in [0.717, 1.165) is 5.41 Å². The molecule has 0 radical (unpaired) electrons. The summed E-state index contributed by atoms with van der Waals surface area (Å²) in [5.41, 5.74) is 0.535. The van der Waals surface area contributed by atoms with E-state index in [1.807, 2.05) is 0 Å². The molecular formula is C14H12ClNO3S. The van der Waals surface area contributed by atoms with Gasteiger partial charge in [-0.25, -0.2) is 13.4 Å². The Hall–Kier alpha value is -1.85. The predicted molar refractivity (Wildman–Crippen MR) is 78.5 cm³/mol. The second-order valence-electron chi connectivity index (χ2n) is 3.88. The largest absolute Gasteiger partial charge is 0.495 e. The van der Waals surface area contributed by atoms with Gasteiger partial charge in [0, 0.05) is 17.2 Å². The maximum Gasteiger partial charge on any atom is 0.203 e. The highest BCUT2D eigenvalue weighted by Gasteiger charge is 2.15. The van der Waals surface area contributed by atoms with Crippen LogP contribution in [-0.4, -0.2) is 20.5 Å². The van der Waals surface area contributed by atoms with Crippen LogP contribution in [0.1, 0.15) is 5.56 Å². The van der Waals surface area contributed by atoms with Crippen LogP contribution in [0.3, 0.4) is 0 Å². The first kappa shape index (κ1) is 14.6. The maximum atomic E-state index is 12.3. The molecule has 0 saturated carbocycles. The minimum absolute atomic E-state index is 0.110. The summed E-state index contributed by atoms with van der Waals surface area (Å²) in [4.78, 5) is 3.99. The summed E-state index contributed by atoms with van der Waals surface area (Å²) in [6.45, 7) is 0. The highest BCUT2D eigenvalue weighted by Crippen LogP contribution is 2.25. The average molecular weight is 310 g/mol. The van der Waals surface area contributed by atoms with Gasteiger partial charge in [0.15, 0.2) is 0 Å². The van der Waals surface area contributed by atoms with E-state index < -0.39 is 9.84 Å². The monoisotopic (exact) mass is 309 g/mol. The summed E-state index contributed by atoms with van der Waals surface area (Å²) < 4.78 is 29.6. The van der Waals surface area contributed by atoms with Crippen molar-refractivity contribution in [1.29, 1.82) is 0 Å². The zero-order valence-electron chi connectivity index (χ0n) is 10.7. The third kappa shape index (κ3) is 3.18. The number of methoxy groups -OCH3 is 1. The predicted octanol–water partition coefficient (Wildman–Crippen LogP) is 3.19. The number of aromatic nitrogens is 1. The molecular weight excluding hydrogens is 298 g/mol. The summed E-state index contributed by atoms with van der Waals surface area (Å²) in [6.07, 6.45) is 2.95. The number of benzene rings is 1. The number of rotatable bonds is 4. The number of para-hydroxylation sites is 1. The third-order valence-electron chi connectivity index (χ3n) is 2.59. The Bertz CT molecular complexity index is 742. The summed E-state index contributed by atoms with van der Waals surface area (Å²) in [7, 11) is -2.18. The van der Waals surface area contributed by atoms with Crippen molar-refractivity contribution in [3.8, 4) is 5.75 Å². The van der Waals surface area contributed by atoms with Crippen molar-refractivity contribution in [2.45, 2.75) is 4.90 Å². The standard InChI is InChI=1S/C14H12ClNO3S/c1-19-12-6-2-3-7-13(12)20(17,18)10-8-11-5-4-9-16-14(11)15/h2-10H,1H3/b10-8+. The number of halogens is 1. The van der Waals surface area contributed by atoms with Crippen LogP contribution in [0.15, 0.2) is 52.9 Å². The quantitative estimate of drug-likeness (QED) is 0.814. The summed E-state index contributed by atoms with van der Waals surface area (Å²) in [5, 5.41) is 1.34. The van der Waals surface area contributed by atoms with Crippen molar-refractivity contribution in [3.63, 3.8) is 0 Å². The summed E-state index contributed by atoms with van der Waals surface area (Å²) >= 11 is 5.88. The number of pyridine rings is 1. The first-order valence-electron chi connectivity index (χ1n) is 5.71. The summed E-state index contributed by atoms with van der Waals surface area (Å²) in [5.74, 6) is 0.300. The molecule has 0 N–H and O–H groups in total. The van der Waals surface area contributed by atoms with Gasteiger partial charge in [-0.15, -0.1) is 0 Å². The van der Waals surface area contributed by atoms with Crippen molar-refractivity contribution < 1.29 is 13.2 Å². The van der Waals surface area contributed by atoms with Crippen LogP contribution in [0.2, 0.25) is 5.15 Å². The molecule has 0 saturated heterocycles. The van der Waals surface area contributed by atoms with Crippen LogP contribution in [0.4, 0.5) is 0 Å². The van der Waals surface area contributed by atoms with E-state index in [4.69, 9.17) is 16.3 Å². The Kier molecular flexibility index (Phi) is 4.42. The van der Waals surface area contributed by atoms with Gasteiger partial charge in [0.1, 0.15) is 15.8 Å². The molecule has 0 unspecified atom stereocenters. The maximum absolute atomic E-state index is 12.3. The SMILES string of the molecule is COc1ccccc1S(=O)(=O)/C=C/c1cccnc1Cl. The number of ether oxygens (including phenoxy) is 1. The van der Waals surface area contributed by atoms with Crippen molar-refractivity contribution in [2.75, 3.05) is 7.11 Å². The second kappa shape index (κ2) is 6.07. The molecule has 0 bridgehead atoms. The van der Waals surface area contributed by atoms with Crippen LogP contribution < -0.4 is 4.74 Å². The molecule has 4 nitrogen and oxygen atoms in total. The fraction of sp³-hybridized carbons (Fsp3) is 0.0714. The van der Waals surface area contributed by atoms with Crippen molar-refractivity contribution >= 4 is 27.5 Å². The van der Waals surface area contributed by atoms with E-state index >= 15 is 0 Å². The molecule has 0 atom stereocenters. The van der Waals surface area contributed by atoms with Crippen molar-refractivity contribution in [1.82, 2.24) is 4.98 Å². The van der Waals surface area contributed by atoms with Crippen LogP contribution >= 0.6 is 11.6 Å². The fourth-order valence-corrected chi connectivity index (χ4v) is 2.97. The van der Waals surface area contributed by atoms with E-state index in [1.54, 1.807) is 30.3 Å². The topological polar surface area (TPSA) is 56.3 Å². The molecule has 0 aliphatic carbocycles. The van der Waals surface area contributed by atoms with Crippen molar-refractivity contribution in [2.24, 2.45) is 0 Å². The van der Waals surface area contributed by atoms with Crippen LogP contribution in [-0.2, 0) is 9.84 Å². The lowest BCUT2D eigenvalue weighted by Gasteiger charge is -2.06. The highest BCUT2D eigenvalue weighted by molar-refractivity contribution is 7.94. The van der Waals surface area contributed by atoms with Gasteiger partial charge in [0.2, 0.25) is 9.84 Å². The van der Waals surface area contributed by atoms with Gasteiger partial charge in [-0.1, -0.05) is 29.8 Å². The molecule has 2 rings (SSSR count). The zero-order valence-corrected chi connectivity index (χ0v) is 12.2. The molecule has 0 spiro atoms. The van der Waals surface area contributed by atoms with E-state index in [2.05, 4.69) is 4.98 Å². The van der Waals surface area contributed by atoms with E-state index in [1.165, 1.54) is 25.4 Å². The lowest BCUT2D eigenvalue weighted by Crippen LogP contribution is -1.99. The zero-order chi connectivity index (χ0) is 14.6. The number of nitrogens with zero attached hydrogens (tertiary/aromatic N) is 1. The van der Waals surface area contributed by atoms with Gasteiger partial charge in [0.05, 0.1) is 7.11 Å². The Morgan fingerprint density at radius 2 is 1.95 bits per heavy atom. The van der Waals surface area contributed by atoms with E-state index in [9.17, 15) is 8.42 Å². The van der Waals surface area contributed by atoms with Crippen LogP contribution in [0.25, 0.3) is 6.08 Å². The smallest absolute Gasteiger partial charge is 0.203 e. The minimum atomic E-state index is -3.61. The third-order valence-corrected chi connectivity index (χ3v) is 4.35. The van der Waals surface area contributed by atoms with Gasteiger partial charge >= 0.3 is 0 Å². The van der Waals surface area contributed by atoms with Gasteiger partial charge < -0.3 is 4.74 Å². The van der Waals surface area contributed by atoms with Gasteiger partial charge in [-0.3, -0.25) is 0 Å². The first-order valence-corrected chi connectivity index (χ1v) is 7.64. The van der Waals surface area contributed by atoms with Gasteiger partial charge in [-0.2, -0.15) is 0 Å². The normalized spacial score (nSPS) is 11.7. The highest BCUT2D eigenvalue weighted by atomic mass is 35.5. The molecule has 0 fully saturated rings. The lowest BCUT2D eigenvalue weighted by atomic mass is 10.3. The first-order chi connectivity index (χ1) is 9.54. The van der Waals surface area contributed by atoms with Crippen molar-refractivity contribution in [3.05, 3.63) is 58.7 Å². The lowest BCUT2D eigenvalue weighted by molar-refractivity contribution is 0.403. The van der Waals surface area contributed by atoms with Gasteiger partial charge in [0.25, 0.3) is 0 Å². The number of hydrogen-bond donors (Lipinski definition) is 0. The van der Waals surface area contributed by atoms with E-state index in [0.29, 0.717) is 11.3 Å². The molecule has 0 aliphatic rings. The molecule has 20 heavy (non-hydrogen) atoms. The minimum Gasteiger partial charge on any atom is -0.495 e. The molecule has 6 heteroatoms. The Morgan fingerprint density at radius 1 is 1.20 bits per heavy atom. The Balaban J connectivity index is 2.39. The number of hydrogen-bond acceptors (Lipinski definition) is 4. The van der Waals surface area contributed by atoms with Crippen LogP contribution in [0, 0.1) is 0 Å². The average Bonchev–Trinajstić information content (AvgIpc) is 2.46. The Morgan fingerprint density at radius 3 is 2.65 bits per heavy atom. The molecule has 2 aromatic rings. The van der Waals surface area contributed by atoms with Gasteiger partial charge in [-0.05, 0) is 24.3 Å². The molecule has 0 amide bonds. The second-order valence-corrected chi connectivity index (χ2v) is 6.04. The molecule has 0 aliphatic heterocycles. The fourth-order valence-electron chi connectivity index (χ4n) is 1.61. The molecule has 104 valence electrons.